The number of imidazole rings is 1. The molecule has 23 heavy (non-hydrogen) atoms. The van der Waals surface area contributed by atoms with Crippen LogP contribution >= 0.6 is 0 Å². The Labute approximate surface area is 135 Å². The second-order valence-electron chi connectivity index (χ2n) is 5.73. The zero-order valence-electron chi connectivity index (χ0n) is 13.1. The van der Waals surface area contributed by atoms with E-state index in [1.54, 1.807) is 17.4 Å². The van der Waals surface area contributed by atoms with Crippen LogP contribution in [0.25, 0.3) is 0 Å². The van der Waals surface area contributed by atoms with E-state index in [1.807, 2.05) is 35.0 Å². The molecule has 0 saturated carbocycles. The minimum Gasteiger partial charge on any atom is -0.353 e. The van der Waals surface area contributed by atoms with Gasteiger partial charge in [-0.3, -0.25) is 9.59 Å². The van der Waals surface area contributed by atoms with Crippen LogP contribution in [-0.4, -0.2) is 38.9 Å². The first-order chi connectivity index (χ1) is 11.1. The molecule has 0 radical (unpaired) electrons. The third-order valence-electron chi connectivity index (χ3n) is 4.18. The maximum Gasteiger partial charge on any atom is 0.243 e. The monoisotopic (exact) mass is 312 g/mol. The number of aromatic nitrogens is 2. The van der Waals surface area contributed by atoms with E-state index in [-0.39, 0.29) is 11.8 Å². The highest BCUT2D eigenvalue weighted by molar-refractivity contribution is 5.87. The number of fused-ring (bicyclic) bond motifs is 1. The average Bonchev–Trinajstić information content (AvgIpc) is 3.06. The molecule has 120 valence electrons. The Kier molecular flexibility index (Phi) is 4.41. The number of carbonyl (C=O) groups excluding carboxylic acids is 2. The van der Waals surface area contributed by atoms with Crippen molar-refractivity contribution in [2.24, 2.45) is 0 Å². The van der Waals surface area contributed by atoms with Crippen molar-refractivity contribution in [2.45, 2.75) is 32.5 Å². The smallest absolute Gasteiger partial charge is 0.243 e. The molecule has 6 nitrogen and oxygen atoms in total. The Morgan fingerprint density at radius 2 is 2.09 bits per heavy atom. The Morgan fingerprint density at radius 1 is 1.30 bits per heavy atom. The standard InChI is InChI=1S/C17H20N4O2/c1-13(22)21-11-15-5-3-2-4-14(15)10-16(21)17(23)19-7-9-20-8-6-18-12-20/h2-6,8,12,16H,7,9-11H2,1H3,(H,19,23)/t16-/m1/s1. The van der Waals surface area contributed by atoms with Crippen molar-refractivity contribution in [1.82, 2.24) is 19.8 Å². The number of nitrogens with one attached hydrogen (secondary N) is 1. The number of carbonyl (C=O) groups is 2. The van der Waals surface area contributed by atoms with E-state index >= 15 is 0 Å². The van der Waals surface area contributed by atoms with Gasteiger partial charge in [0.05, 0.1) is 6.33 Å². The molecule has 0 aliphatic carbocycles. The molecule has 0 bridgehead atoms. The van der Waals surface area contributed by atoms with Crippen molar-refractivity contribution in [1.29, 1.82) is 0 Å². The van der Waals surface area contributed by atoms with Crippen LogP contribution in [-0.2, 0) is 29.1 Å². The van der Waals surface area contributed by atoms with Gasteiger partial charge in [-0.05, 0) is 11.1 Å². The molecule has 0 saturated heterocycles. The lowest BCUT2D eigenvalue weighted by Crippen LogP contribution is -2.52. The normalized spacial score (nSPS) is 16.7. The molecule has 2 amide bonds. The third kappa shape index (κ3) is 3.41. The van der Waals surface area contributed by atoms with Crippen LogP contribution in [0.5, 0.6) is 0 Å². The summed E-state index contributed by atoms with van der Waals surface area (Å²) in [6.07, 6.45) is 5.83. The first-order valence-corrected chi connectivity index (χ1v) is 7.72. The molecule has 2 aromatic rings. The fourth-order valence-corrected chi connectivity index (χ4v) is 2.93. The molecule has 1 N–H and O–H groups in total. The molecule has 2 heterocycles. The lowest BCUT2D eigenvalue weighted by Gasteiger charge is -2.35. The van der Waals surface area contributed by atoms with Crippen LogP contribution in [0.1, 0.15) is 18.1 Å². The van der Waals surface area contributed by atoms with Crippen LogP contribution in [0, 0.1) is 0 Å². The predicted octanol–water partition coefficient (Wildman–Crippen LogP) is 0.973. The maximum atomic E-state index is 12.5. The van der Waals surface area contributed by atoms with Gasteiger partial charge in [0.2, 0.25) is 11.8 Å². The van der Waals surface area contributed by atoms with E-state index in [0.717, 1.165) is 11.1 Å². The molecular formula is C17H20N4O2. The van der Waals surface area contributed by atoms with E-state index in [0.29, 0.717) is 26.1 Å². The molecule has 1 aromatic carbocycles. The van der Waals surface area contributed by atoms with Crippen molar-refractivity contribution >= 4 is 11.8 Å². The molecule has 1 atom stereocenters. The minimum atomic E-state index is -0.440. The summed E-state index contributed by atoms with van der Waals surface area (Å²) in [5.74, 6) is -0.177. The fourth-order valence-electron chi connectivity index (χ4n) is 2.93. The Balaban J connectivity index is 1.66. The lowest BCUT2D eigenvalue weighted by molar-refractivity contribution is -0.140. The van der Waals surface area contributed by atoms with Crippen LogP contribution < -0.4 is 5.32 Å². The average molecular weight is 312 g/mol. The summed E-state index contributed by atoms with van der Waals surface area (Å²) in [7, 11) is 0. The minimum absolute atomic E-state index is 0.0748. The van der Waals surface area contributed by atoms with Crippen LogP contribution in [0.15, 0.2) is 43.0 Å². The maximum absolute atomic E-state index is 12.5. The van der Waals surface area contributed by atoms with Gasteiger partial charge in [0.25, 0.3) is 0 Å². The quantitative estimate of drug-likeness (QED) is 0.915. The zero-order chi connectivity index (χ0) is 16.2. The van der Waals surface area contributed by atoms with Gasteiger partial charge in [0, 0.05) is 45.4 Å². The summed E-state index contributed by atoms with van der Waals surface area (Å²) in [6.45, 7) is 3.18. The summed E-state index contributed by atoms with van der Waals surface area (Å²) in [5.41, 5.74) is 2.25. The predicted molar refractivity (Wildman–Crippen MR) is 85.4 cm³/mol. The van der Waals surface area contributed by atoms with Gasteiger partial charge in [-0.15, -0.1) is 0 Å². The van der Waals surface area contributed by atoms with Crippen LogP contribution in [0.2, 0.25) is 0 Å². The first kappa shape index (κ1) is 15.3. The highest BCUT2D eigenvalue weighted by atomic mass is 16.2. The summed E-state index contributed by atoms with van der Waals surface area (Å²) in [4.78, 5) is 30.1. The summed E-state index contributed by atoms with van der Waals surface area (Å²) < 4.78 is 1.90. The van der Waals surface area contributed by atoms with E-state index in [4.69, 9.17) is 0 Å². The van der Waals surface area contributed by atoms with E-state index in [2.05, 4.69) is 10.3 Å². The van der Waals surface area contributed by atoms with Gasteiger partial charge in [0.15, 0.2) is 0 Å². The summed E-state index contributed by atoms with van der Waals surface area (Å²) in [6, 6.07) is 7.53. The molecule has 0 spiro atoms. The van der Waals surface area contributed by atoms with Crippen molar-refractivity contribution < 1.29 is 9.59 Å². The van der Waals surface area contributed by atoms with Gasteiger partial charge in [-0.1, -0.05) is 24.3 Å². The number of nitrogens with zero attached hydrogens (tertiary/aromatic N) is 3. The first-order valence-electron chi connectivity index (χ1n) is 7.72. The summed E-state index contributed by atoms with van der Waals surface area (Å²) in [5, 5.41) is 2.92. The van der Waals surface area contributed by atoms with E-state index in [9.17, 15) is 9.59 Å². The molecule has 1 aromatic heterocycles. The highest BCUT2D eigenvalue weighted by Crippen LogP contribution is 2.23. The van der Waals surface area contributed by atoms with Crippen molar-refractivity contribution in [3.63, 3.8) is 0 Å². The molecule has 3 rings (SSSR count). The van der Waals surface area contributed by atoms with Crippen molar-refractivity contribution in [3.05, 3.63) is 54.1 Å². The molecule has 1 aliphatic heterocycles. The molecule has 0 fully saturated rings. The molecular weight excluding hydrogens is 292 g/mol. The van der Waals surface area contributed by atoms with Crippen LogP contribution in [0.4, 0.5) is 0 Å². The molecule has 0 unspecified atom stereocenters. The summed E-state index contributed by atoms with van der Waals surface area (Å²) >= 11 is 0. The Morgan fingerprint density at radius 3 is 2.78 bits per heavy atom. The number of benzene rings is 1. The highest BCUT2D eigenvalue weighted by Gasteiger charge is 2.32. The molecule has 1 aliphatic rings. The van der Waals surface area contributed by atoms with E-state index in [1.165, 1.54) is 6.92 Å². The SMILES string of the molecule is CC(=O)N1Cc2ccccc2C[C@@H]1C(=O)NCCn1ccnc1. The van der Waals surface area contributed by atoms with Gasteiger partial charge < -0.3 is 14.8 Å². The second kappa shape index (κ2) is 6.64. The lowest BCUT2D eigenvalue weighted by atomic mass is 9.93. The largest absolute Gasteiger partial charge is 0.353 e. The number of hydrogen-bond donors (Lipinski definition) is 1. The number of hydrogen-bond acceptors (Lipinski definition) is 3. The van der Waals surface area contributed by atoms with Gasteiger partial charge in [0.1, 0.15) is 6.04 Å². The Bertz CT molecular complexity index is 696. The van der Waals surface area contributed by atoms with Crippen molar-refractivity contribution in [3.8, 4) is 0 Å². The van der Waals surface area contributed by atoms with Crippen LogP contribution in [0.3, 0.4) is 0 Å². The van der Waals surface area contributed by atoms with Gasteiger partial charge in [-0.2, -0.15) is 0 Å². The zero-order valence-corrected chi connectivity index (χ0v) is 13.1. The number of rotatable bonds is 4. The van der Waals surface area contributed by atoms with Gasteiger partial charge >= 0.3 is 0 Å². The molecule has 6 heteroatoms. The topological polar surface area (TPSA) is 67.2 Å². The van der Waals surface area contributed by atoms with E-state index < -0.39 is 6.04 Å². The third-order valence-corrected chi connectivity index (χ3v) is 4.18. The fraction of sp³-hybridized carbons (Fsp3) is 0.353. The Hall–Kier alpha value is -2.63. The van der Waals surface area contributed by atoms with Gasteiger partial charge in [-0.25, -0.2) is 4.98 Å². The van der Waals surface area contributed by atoms with Crippen molar-refractivity contribution in [2.75, 3.05) is 6.54 Å². The second-order valence-corrected chi connectivity index (χ2v) is 5.73. The number of amides is 2.